The number of anilines is 1. The van der Waals surface area contributed by atoms with Crippen molar-refractivity contribution in [1.29, 1.82) is 0 Å². The highest BCUT2D eigenvalue weighted by atomic mass is 32.2. The summed E-state index contributed by atoms with van der Waals surface area (Å²) in [6.07, 6.45) is 0.827. The van der Waals surface area contributed by atoms with Gasteiger partial charge in [-0.25, -0.2) is 8.42 Å². The second kappa shape index (κ2) is 9.15. The van der Waals surface area contributed by atoms with Gasteiger partial charge < -0.3 is 14.8 Å². The number of amides is 1. The van der Waals surface area contributed by atoms with E-state index in [0.29, 0.717) is 22.7 Å². The molecular weight excluding hydrogens is 440 g/mol. The van der Waals surface area contributed by atoms with Gasteiger partial charge in [0.15, 0.2) is 11.5 Å². The first-order chi connectivity index (χ1) is 15.9. The van der Waals surface area contributed by atoms with Gasteiger partial charge in [0, 0.05) is 17.7 Å². The Morgan fingerprint density at radius 3 is 2.36 bits per heavy atom. The molecule has 1 aliphatic rings. The number of benzene rings is 3. The number of carbonyl (C=O) groups excluding carboxylic acids is 1. The van der Waals surface area contributed by atoms with Crippen molar-refractivity contribution in [2.45, 2.75) is 24.8 Å². The highest BCUT2D eigenvalue weighted by molar-refractivity contribution is 7.93. The molecule has 4 rings (SSSR count). The normalized spacial score (nSPS) is 13.6. The lowest BCUT2D eigenvalue weighted by Crippen LogP contribution is -2.42. The number of hydrogen-bond donors (Lipinski definition) is 1. The standard InChI is InChI=1S/C25H26N2O5S/c1-4-17-9-11-21-20(13-17)19-7-5-6-8-24(19)33(29,30)27(21)16-25(28)26-15-18-10-12-22(31-2)23(14-18)32-3/h5-14H,4,15-16H2,1-3H3,(H,26,28). The lowest BCUT2D eigenvalue weighted by atomic mass is 9.99. The molecule has 0 radical (unpaired) electrons. The highest BCUT2D eigenvalue weighted by Gasteiger charge is 2.35. The molecule has 172 valence electrons. The van der Waals surface area contributed by atoms with Crippen molar-refractivity contribution >= 4 is 21.6 Å². The van der Waals surface area contributed by atoms with Crippen LogP contribution in [0, 0.1) is 0 Å². The molecule has 1 amide bonds. The van der Waals surface area contributed by atoms with Crippen molar-refractivity contribution in [3.05, 3.63) is 71.8 Å². The van der Waals surface area contributed by atoms with Crippen LogP contribution >= 0.6 is 0 Å². The van der Waals surface area contributed by atoms with E-state index in [9.17, 15) is 13.2 Å². The summed E-state index contributed by atoms with van der Waals surface area (Å²) in [5.41, 5.74) is 3.88. The zero-order valence-corrected chi connectivity index (χ0v) is 19.6. The van der Waals surface area contributed by atoms with E-state index in [1.165, 1.54) is 4.31 Å². The molecule has 0 spiro atoms. The van der Waals surface area contributed by atoms with Gasteiger partial charge in [0.1, 0.15) is 6.54 Å². The third-order valence-electron chi connectivity index (χ3n) is 5.71. The topological polar surface area (TPSA) is 84.9 Å². The minimum atomic E-state index is -3.88. The molecule has 0 saturated heterocycles. The third kappa shape index (κ3) is 4.26. The van der Waals surface area contributed by atoms with Gasteiger partial charge in [-0.05, 0) is 47.9 Å². The predicted octanol–water partition coefficient (Wildman–Crippen LogP) is 3.76. The minimum absolute atomic E-state index is 0.207. The van der Waals surface area contributed by atoms with Gasteiger partial charge >= 0.3 is 0 Å². The number of fused-ring (bicyclic) bond motifs is 3. The number of aryl methyl sites for hydroxylation is 1. The Labute approximate surface area is 194 Å². The molecule has 0 saturated carbocycles. The van der Waals surface area contributed by atoms with Crippen molar-refractivity contribution in [1.82, 2.24) is 5.32 Å². The number of carbonyl (C=O) groups is 1. The van der Waals surface area contributed by atoms with E-state index in [0.717, 1.165) is 23.1 Å². The largest absolute Gasteiger partial charge is 0.493 e. The van der Waals surface area contributed by atoms with Gasteiger partial charge in [0.25, 0.3) is 10.0 Å². The van der Waals surface area contributed by atoms with E-state index >= 15 is 0 Å². The maximum Gasteiger partial charge on any atom is 0.265 e. The average Bonchev–Trinajstić information content (AvgIpc) is 2.84. The van der Waals surface area contributed by atoms with Crippen molar-refractivity contribution in [3.8, 4) is 22.6 Å². The number of nitrogens with one attached hydrogen (secondary N) is 1. The molecule has 1 heterocycles. The number of nitrogens with zero attached hydrogens (tertiary/aromatic N) is 1. The molecule has 33 heavy (non-hydrogen) atoms. The molecule has 0 aliphatic carbocycles. The second-order valence-corrected chi connectivity index (χ2v) is 9.51. The van der Waals surface area contributed by atoms with Crippen LogP contribution in [-0.2, 0) is 27.8 Å². The maximum absolute atomic E-state index is 13.4. The van der Waals surface area contributed by atoms with Crippen molar-refractivity contribution in [3.63, 3.8) is 0 Å². The van der Waals surface area contributed by atoms with Gasteiger partial charge in [-0.1, -0.05) is 37.3 Å². The summed E-state index contributed by atoms with van der Waals surface area (Å²) in [5, 5.41) is 2.81. The quantitative estimate of drug-likeness (QED) is 0.573. The van der Waals surface area contributed by atoms with Crippen LogP contribution in [0.2, 0.25) is 0 Å². The molecule has 0 aromatic heterocycles. The first-order valence-electron chi connectivity index (χ1n) is 10.6. The molecule has 0 fully saturated rings. The monoisotopic (exact) mass is 466 g/mol. The molecule has 3 aromatic rings. The van der Waals surface area contributed by atoms with Gasteiger partial charge in [-0.3, -0.25) is 9.10 Å². The van der Waals surface area contributed by atoms with Crippen LogP contribution in [0.1, 0.15) is 18.1 Å². The molecular formula is C25H26N2O5S. The Morgan fingerprint density at radius 1 is 0.909 bits per heavy atom. The summed E-state index contributed by atoms with van der Waals surface area (Å²) in [5.74, 6) is 0.743. The van der Waals surface area contributed by atoms with Gasteiger partial charge in [-0.2, -0.15) is 0 Å². The smallest absolute Gasteiger partial charge is 0.265 e. The molecule has 0 atom stereocenters. The molecule has 0 unspecified atom stereocenters. The molecule has 1 N–H and O–H groups in total. The Bertz CT molecular complexity index is 1300. The number of methoxy groups -OCH3 is 2. The SMILES string of the molecule is CCc1ccc2c(c1)-c1ccccc1S(=O)(=O)N2CC(=O)NCc1ccc(OC)c(OC)c1. The lowest BCUT2D eigenvalue weighted by molar-refractivity contribution is -0.119. The fourth-order valence-electron chi connectivity index (χ4n) is 3.95. The van der Waals surface area contributed by atoms with Crippen molar-refractivity contribution in [2.75, 3.05) is 25.1 Å². The fraction of sp³-hybridized carbons (Fsp3) is 0.240. The van der Waals surface area contributed by atoms with Crippen LogP contribution in [0.5, 0.6) is 11.5 Å². The summed E-state index contributed by atoms with van der Waals surface area (Å²) in [6, 6.07) is 17.9. The molecule has 1 aliphatic heterocycles. The van der Waals surface area contributed by atoms with Crippen LogP contribution in [-0.4, -0.2) is 35.1 Å². The first kappa shape index (κ1) is 22.7. The Kier molecular flexibility index (Phi) is 6.29. The van der Waals surface area contributed by atoms with Crippen molar-refractivity contribution < 1.29 is 22.7 Å². The number of ether oxygens (including phenoxy) is 2. The Balaban J connectivity index is 1.59. The number of sulfonamides is 1. The third-order valence-corrected chi connectivity index (χ3v) is 7.53. The summed E-state index contributed by atoms with van der Waals surface area (Å²) < 4.78 is 38.5. The van der Waals surface area contributed by atoms with Gasteiger partial charge in [0.2, 0.25) is 5.91 Å². The van der Waals surface area contributed by atoms with E-state index in [2.05, 4.69) is 5.32 Å². The van der Waals surface area contributed by atoms with Crippen molar-refractivity contribution in [2.24, 2.45) is 0 Å². The van der Waals surface area contributed by atoms with Crippen LogP contribution < -0.4 is 19.1 Å². The van der Waals surface area contributed by atoms with E-state index in [-0.39, 0.29) is 18.0 Å². The summed E-state index contributed by atoms with van der Waals surface area (Å²) >= 11 is 0. The average molecular weight is 467 g/mol. The molecule has 0 bridgehead atoms. The van der Waals surface area contributed by atoms with E-state index in [1.807, 2.05) is 31.2 Å². The molecule has 8 heteroatoms. The highest BCUT2D eigenvalue weighted by Crippen LogP contribution is 2.43. The van der Waals surface area contributed by atoms with Gasteiger partial charge in [0.05, 0.1) is 24.8 Å². The Morgan fingerprint density at radius 2 is 1.64 bits per heavy atom. The number of hydrogen-bond acceptors (Lipinski definition) is 5. The lowest BCUT2D eigenvalue weighted by Gasteiger charge is -2.32. The van der Waals surface area contributed by atoms with E-state index < -0.39 is 15.9 Å². The summed E-state index contributed by atoms with van der Waals surface area (Å²) in [6.45, 7) is 1.96. The summed E-state index contributed by atoms with van der Waals surface area (Å²) in [7, 11) is -0.782. The van der Waals surface area contributed by atoms with Gasteiger partial charge in [-0.15, -0.1) is 0 Å². The van der Waals surface area contributed by atoms with E-state index in [4.69, 9.17) is 9.47 Å². The van der Waals surface area contributed by atoms with E-state index in [1.54, 1.807) is 50.6 Å². The number of rotatable bonds is 7. The van der Waals surface area contributed by atoms with Crippen LogP contribution in [0.4, 0.5) is 5.69 Å². The summed E-state index contributed by atoms with van der Waals surface area (Å²) in [4.78, 5) is 13.0. The zero-order chi connectivity index (χ0) is 23.6. The second-order valence-electron chi connectivity index (χ2n) is 7.68. The van der Waals surface area contributed by atoms with Crippen LogP contribution in [0.25, 0.3) is 11.1 Å². The van der Waals surface area contributed by atoms with Crippen LogP contribution in [0.15, 0.2) is 65.6 Å². The molecule has 3 aromatic carbocycles. The molecule has 7 nitrogen and oxygen atoms in total. The zero-order valence-electron chi connectivity index (χ0n) is 18.8. The predicted molar refractivity (Wildman–Crippen MR) is 127 cm³/mol. The first-order valence-corrected chi connectivity index (χ1v) is 12.1. The fourth-order valence-corrected chi connectivity index (χ4v) is 5.60. The Hall–Kier alpha value is -3.52. The maximum atomic E-state index is 13.4. The minimum Gasteiger partial charge on any atom is -0.493 e. The van der Waals surface area contributed by atoms with Crippen LogP contribution in [0.3, 0.4) is 0 Å².